The molecule has 3 aliphatic rings. The van der Waals surface area contributed by atoms with Gasteiger partial charge in [0.1, 0.15) is 12.4 Å². The summed E-state index contributed by atoms with van der Waals surface area (Å²) in [6.45, 7) is 2.93. The molecule has 1 aromatic carbocycles. The number of halogens is 4. The van der Waals surface area contributed by atoms with Crippen molar-refractivity contribution in [2.24, 2.45) is 0 Å². The van der Waals surface area contributed by atoms with Gasteiger partial charge >= 0.3 is 12.1 Å². The number of aromatic nitrogens is 2. The van der Waals surface area contributed by atoms with Gasteiger partial charge < -0.3 is 14.4 Å². The highest BCUT2D eigenvalue weighted by molar-refractivity contribution is 5.93. The van der Waals surface area contributed by atoms with Crippen LogP contribution >= 0.6 is 0 Å². The maximum absolute atomic E-state index is 15.0. The molecule has 6 rings (SSSR count). The highest BCUT2D eigenvalue weighted by Gasteiger charge is 2.46. The molecule has 11 heteroatoms. The smallest absolute Gasteiger partial charge is 0.390 e. The molecule has 0 spiro atoms. The van der Waals surface area contributed by atoms with Crippen molar-refractivity contribution in [3.8, 4) is 11.4 Å². The molecule has 0 saturated heterocycles. The van der Waals surface area contributed by atoms with Gasteiger partial charge in [0.2, 0.25) is 0 Å². The molecule has 2 aliphatic heterocycles. The Hall–Kier alpha value is -3.31. The number of benzene rings is 1. The number of carbonyl (C=O) groups excluding carboxylic acids is 1. The predicted molar refractivity (Wildman–Crippen MR) is 134 cm³/mol. The number of fused-ring (bicyclic) bond motifs is 5. The lowest BCUT2D eigenvalue weighted by Gasteiger charge is -2.35. The number of pyridine rings is 2. The fraction of sp³-hybridized carbons (Fsp3) is 0.464. The summed E-state index contributed by atoms with van der Waals surface area (Å²) in [4.78, 5) is 32.6. The minimum absolute atomic E-state index is 0.00902. The van der Waals surface area contributed by atoms with Crippen LogP contribution in [-0.4, -0.2) is 45.3 Å². The first-order chi connectivity index (χ1) is 18.4. The molecule has 7 nitrogen and oxygen atoms in total. The number of cyclic esters (lactones) is 1. The van der Waals surface area contributed by atoms with E-state index in [-0.39, 0.29) is 37.2 Å². The molecular weight excluding hydrogens is 518 g/mol. The fourth-order valence-electron chi connectivity index (χ4n) is 6.43. The molecule has 0 amide bonds. The van der Waals surface area contributed by atoms with Crippen LogP contribution in [0.1, 0.15) is 65.6 Å². The highest BCUT2D eigenvalue weighted by atomic mass is 19.4. The minimum Gasteiger partial charge on any atom is -0.458 e. The first-order valence-corrected chi connectivity index (χ1v) is 12.9. The first kappa shape index (κ1) is 25.9. The average Bonchev–Trinajstić information content (AvgIpc) is 3.26. The summed E-state index contributed by atoms with van der Waals surface area (Å²) in [6.07, 6.45) is -4.32. The van der Waals surface area contributed by atoms with E-state index in [9.17, 15) is 32.3 Å². The van der Waals surface area contributed by atoms with Gasteiger partial charge in [-0.2, -0.15) is 13.2 Å². The molecule has 1 N–H and O–H groups in total. The van der Waals surface area contributed by atoms with Crippen molar-refractivity contribution in [3.05, 3.63) is 61.7 Å². The van der Waals surface area contributed by atoms with E-state index >= 15 is 0 Å². The quantitative estimate of drug-likeness (QED) is 0.302. The largest absolute Gasteiger partial charge is 0.458 e. The number of esters is 1. The Morgan fingerprint density at radius 1 is 1.23 bits per heavy atom. The third-order valence-corrected chi connectivity index (χ3v) is 8.63. The molecule has 1 aliphatic carbocycles. The summed E-state index contributed by atoms with van der Waals surface area (Å²) in [5, 5.41) is 11.9. The van der Waals surface area contributed by atoms with E-state index in [4.69, 9.17) is 9.72 Å². The van der Waals surface area contributed by atoms with Gasteiger partial charge in [0.05, 0.1) is 35.4 Å². The highest BCUT2D eigenvalue weighted by Crippen LogP contribution is 2.47. The zero-order valence-corrected chi connectivity index (χ0v) is 21.7. The molecule has 0 radical (unpaired) electrons. The second kappa shape index (κ2) is 8.59. The lowest BCUT2D eigenvalue weighted by Crippen LogP contribution is -2.44. The van der Waals surface area contributed by atoms with Gasteiger partial charge in [-0.1, -0.05) is 6.92 Å². The SMILES string of the molecule is CC[C@@]1(O)C(=O)OCc2c1cc1n(c2=O)Cc2c-1nc1cc(F)c(C)c3c1c2C(N(C)CCC(F)(F)F)CC3. The summed E-state index contributed by atoms with van der Waals surface area (Å²) >= 11 is 0. The van der Waals surface area contributed by atoms with Crippen molar-refractivity contribution >= 4 is 16.9 Å². The number of aliphatic hydroxyl groups is 1. The monoisotopic (exact) mass is 545 g/mol. The number of carbonyl (C=O) groups is 1. The Kier molecular flexibility index (Phi) is 5.72. The van der Waals surface area contributed by atoms with Crippen LogP contribution in [0.15, 0.2) is 16.9 Å². The summed E-state index contributed by atoms with van der Waals surface area (Å²) in [5.74, 6) is -1.26. The van der Waals surface area contributed by atoms with Crippen molar-refractivity contribution in [2.45, 2.75) is 70.5 Å². The summed E-state index contributed by atoms with van der Waals surface area (Å²) in [7, 11) is 1.65. The standard InChI is InChI=1S/C28H27F4N3O4/c1-4-27(38)17-9-21-24-15(11-35(21)25(36)16(17)12-39-26(27)37)23-20(34(3)8-7-28(30,31)32)6-5-14-13(2)18(29)10-19(33-24)22(14)23/h9-10,20,38H,4-8,11-12H2,1-3H3/t20?,27-/m0/s1. The zero-order chi connectivity index (χ0) is 28.0. The van der Waals surface area contributed by atoms with E-state index in [0.29, 0.717) is 40.9 Å². The van der Waals surface area contributed by atoms with Crippen LogP contribution in [0.3, 0.4) is 0 Å². The number of alkyl halides is 3. The van der Waals surface area contributed by atoms with Gasteiger partial charge in [-0.15, -0.1) is 0 Å². The van der Waals surface area contributed by atoms with Gasteiger partial charge in [0, 0.05) is 35.2 Å². The number of hydrogen-bond acceptors (Lipinski definition) is 6. The molecule has 2 atom stereocenters. The fourth-order valence-corrected chi connectivity index (χ4v) is 6.43. The molecule has 2 aromatic heterocycles. The van der Waals surface area contributed by atoms with E-state index < -0.39 is 41.6 Å². The first-order valence-electron chi connectivity index (χ1n) is 12.9. The second-order valence-corrected chi connectivity index (χ2v) is 10.7. The molecule has 0 fully saturated rings. The van der Waals surface area contributed by atoms with Gasteiger partial charge in [-0.3, -0.25) is 9.69 Å². The van der Waals surface area contributed by atoms with Crippen LogP contribution in [0.4, 0.5) is 17.6 Å². The van der Waals surface area contributed by atoms with Gasteiger partial charge in [0.25, 0.3) is 5.56 Å². The number of rotatable bonds is 4. The Morgan fingerprint density at radius 3 is 2.67 bits per heavy atom. The van der Waals surface area contributed by atoms with Crippen LogP contribution in [0, 0.1) is 12.7 Å². The summed E-state index contributed by atoms with van der Waals surface area (Å²) < 4.78 is 60.9. The van der Waals surface area contributed by atoms with Crippen molar-refractivity contribution < 1.29 is 32.2 Å². The maximum atomic E-state index is 15.0. The average molecular weight is 546 g/mol. The molecule has 206 valence electrons. The molecular formula is C28H27F4N3O4. The van der Waals surface area contributed by atoms with Crippen LogP contribution in [0.5, 0.6) is 0 Å². The third-order valence-electron chi connectivity index (χ3n) is 8.63. The molecule has 39 heavy (non-hydrogen) atoms. The van der Waals surface area contributed by atoms with E-state index in [2.05, 4.69) is 0 Å². The lowest BCUT2D eigenvalue weighted by atomic mass is 9.81. The van der Waals surface area contributed by atoms with E-state index in [1.165, 1.54) is 10.6 Å². The minimum atomic E-state index is -4.31. The lowest BCUT2D eigenvalue weighted by molar-refractivity contribution is -0.172. The van der Waals surface area contributed by atoms with Gasteiger partial charge in [-0.05, 0) is 56.0 Å². The maximum Gasteiger partial charge on any atom is 0.390 e. The number of aryl methyl sites for hydroxylation is 1. The normalized spacial score (nSPS) is 21.7. The summed E-state index contributed by atoms with van der Waals surface area (Å²) in [6, 6.07) is 2.50. The Bertz CT molecular complexity index is 1630. The Labute approximate surface area is 221 Å². The number of hydrogen-bond donors (Lipinski definition) is 1. The second-order valence-electron chi connectivity index (χ2n) is 10.7. The molecule has 0 bridgehead atoms. The van der Waals surface area contributed by atoms with Crippen molar-refractivity contribution in [1.82, 2.24) is 14.5 Å². The predicted octanol–water partition coefficient (Wildman–Crippen LogP) is 4.40. The molecule has 4 heterocycles. The van der Waals surface area contributed by atoms with E-state index in [1.54, 1.807) is 31.9 Å². The third kappa shape index (κ3) is 3.73. The zero-order valence-electron chi connectivity index (χ0n) is 21.7. The van der Waals surface area contributed by atoms with Crippen molar-refractivity contribution in [1.29, 1.82) is 0 Å². The Morgan fingerprint density at radius 2 is 1.97 bits per heavy atom. The van der Waals surface area contributed by atoms with Crippen LogP contribution in [-0.2, 0) is 34.7 Å². The van der Waals surface area contributed by atoms with Gasteiger partial charge in [0.15, 0.2) is 5.60 Å². The van der Waals surface area contributed by atoms with Crippen LogP contribution in [0.25, 0.3) is 22.3 Å². The topological polar surface area (TPSA) is 84.7 Å². The van der Waals surface area contributed by atoms with Gasteiger partial charge in [-0.25, -0.2) is 14.2 Å². The van der Waals surface area contributed by atoms with E-state index in [0.717, 1.165) is 16.5 Å². The molecule has 0 saturated carbocycles. The van der Waals surface area contributed by atoms with Crippen LogP contribution in [0.2, 0.25) is 0 Å². The Balaban J connectivity index is 1.60. The van der Waals surface area contributed by atoms with E-state index in [1.807, 2.05) is 0 Å². The van der Waals surface area contributed by atoms with Crippen molar-refractivity contribution in [3.63, 3.8) is 0 Å². The summed E-state index contributed by atoms with van der Waals surface area (Å²) in [5.41, 5.74) is 1.74. The molecule has 1 unspecified atom stereocenters. The number of nitrogens with zero attached hydrogens (tertiary/aromatic N) is 3. The van der Waals surface area contributed by atoms with Crippen LogP contribution < -0.4 is 5.56 Å². The molecule has 3 aromatic rings. The van der Waals surface area contributed by atoms with Crippen molar-refractivity contribution in [2.75, 3.05) is 13.6 Å². The number of ether oxygens (including phenoxy) is 1.